The Kier molecular flexibility index (Phi) is 5.16. The smallest absolute Gasteiger partial charge is 0.326 e. The Bertz CT molecular complexity index is 771. The Hall–Kier alpha value is -1.79. The number of carbonyl (C=O) groups excluding carboxylic acids is 1. The summed E-state index contributed by atoms with van der Waals surface area (Å²) < 4.78 is 1.48. The Morgan fingerprint density at radius 2 is 2.04 bits per heavy atom. The van der Waals surface area contributed by atoms with Gasteiger partial charge >= 0.3 is 5.97 Å². The number of imidazole rings is 1. The van der Waals surface area contributed by atoms with Gasteiger partial charge in [0.15, 0.2) is 5.65 Å². The molecule has 2 N–H and O–H groups in total. The van der Waals surface area contributed by atoms with E-state index in [1.54, 1.807) is 6.92 Å². The highest BCUT2D eigenvalue weighted by atomic mass is 35.5. The first-order chi connectivity index (χ1) is 10.7. The lowest BCUT2D eigenvalue weighted by Crippen LogP contribution is -2.42. The monoisotopic (exact) mass is 357 g/mol. The largest absolute Gasteiger partial charge is 0.480 e. The van der Waals surface area contributed by atoms with E-state index in [0.717, 1.165) is 0 Å². The predicted molar refractivity (Wildman–Crippen MR) is 88.3 cm³/mol. The normalized spacial score (nSPS) is 12.6. The van der Waals surface area contributed by atoms with Crippen molar-refractivity contribution in [1.29, 1.82) is 0 Å². The Balaban J connectivity index is 2.41. The molecular weight excluding hydrogens is 341 g/mol. The lowest BCUT2D eigenvalue weighted by molar-refractivity contribution is -0.139. The van der Waals surface area contributed by atoms with Gasteiger partial charge in [-0.1, -0.05) is 37.0 Å². The highest BCUT2D eigenvalue weighted by Gasteiger charge is 2.25. The number of carbonyl (C=O) groups is 2. The van der Waals surface area contributed by atoms with Crippen molar-refractivity contribution < 1.29 is 14.7 Å². The van der Waals surface area contributed by atoms with Crippen LogP contribution in [0.15, 0.2) is 12.3 Å². The molecular formula is C15H17Cl2N3O3. The molecule has 1 amide bonds. The molecule has 2 aromatic rings. The number of pyridine rings is 1. The van der Waals surface area contributed by atoms with Gasteiger partial charge in [-0.15, -0.1) is 0 Å². The molecule has 2 aromatic heterocycles. The molecule has 0 aliphatic carbocycles. The minimum absolute atomic E-state index is 0.128. The summed E-state index contributed by atoms with van der Waals surface area (Å²) >= 11 is 12.1. The lowest BCUT2D eigenvalue weighted by atomic mass is 10.0. The van der Waals surface area contributed by atoms with Crippen LogP contribution >= 0.6 is 23.2 Å². The van der Waals surface area contributed by atoms with E-state index in [9.17, 15) is 14.7 Å². The van der Waals surface area contributed by atoms with Gasteiger partial charge in [-0.05, 0) is 25.3 Å². The van der Waals surface area contributed by atoms with Gasteiger partial charge in [0.2, 0.25) is 0 Å². The van der Waals surface area contributed by atoms with Gasteiger partial charge in [-0.3, -0.25) is 9.20 Å². The van der Waals surface area contributed by atoms with Gasteiger partial charge in [0.05, 0.1) is 15.7 Å². The van der Waals surface area contributed by atoms with E-state index in [0.29, 0.717) is 27.8 Å². The molecule has 1 atom stereocenters. The number of rotatable bonds is 5. The lowest BCUT2D eigenvalue weighted by Gasteiger charge is -2.16. The van der Waals surface area contributed by atoms with Crippen molar-refractivity contribution in [2.45, 2.75) is 33.2 Å². The maximum Gasteiger partial charge on any atom is 0.326 e. The second-order valence-electron chi connectivity index (χ2n) is 5.74. The van der Waals surface area contributed by atoms with E-state index in [4.69, 9.17) is 23.2 Å². The van der Waals surface area contributed by atoms with Crippen molar-refractivity contribution >= 4 is 40.7 Å². The van der Waals surface area contributed by atoms with E-state index < -0.39 is 17.9 Å². The molecule has 0 fully saturated rings. The fraction of sp³-hybridized carbons (Fsp3) is 0.400. The maximum atomic E-state index is 12.5. The quantitative estimate of drug-likeness (QED) is 0.860. The molecule has 0 saturated carbocycles. The molecule has 23 heavy (non-hydrogen) atoms. The first-order valence-electron chi connectivity index (χ1n) is 7.08. The third kappa shape index (κ3) is 3.76. The molecule has 2 heterocycles. The number of nitrogens with zero attached hydrogens (tertiary/aromatic N) is 2. The Morgan fingerprint density at radius 3 is 2.61 bits per heavy atom. The van der Waals surface area contributed by atoms with Crippen LogP contribution in [0.1, 0.15) is 36.5 Å². The second-order valence-corrected chi connectivity index (χ2v) is 6.58. The number of fused-ring (bicyclic) bond motifs is 1. The summed E-state index contributed by atoms with van der Waals surface area (Å²) in [7, 11) is 0. The van der Waals surface area contributed by atoms with E-state index in [-0.39, 0.29) is 11.6 Å². The molecule has 0 aromatic carbocycles. The summed E-state index contributed by atoms with van der Waals surface area (Å²) in [5.41, 5.74) is 1.06. The van der Waals surface area contributed by atoms with Crippen LogP contribution in [0.2, 0.25) is 10.0 Å². The minimum atomic E-state index is -1.07. The number of hydrogen-bond donors (Lipinski definition) is 2. The molecule has 8 heteroatoms. The molecule has 0 saturated heterocycles. The van der Waals surface area contributed by atoms with Crippen molar-refractivity contribution in [1.82, 2.24) is 14.7 Å². The van der Waals surface area contributed by atoms with Crippen LogP contribution in [0.4, 0.5) is 0 Å². The van der Waals surface area contributed by atoms with Gasteiger partial charge in [0.25, 0.3) is 5.91 Å². The summed E-state index contributed by atoms with van der Waals surface area (Å²) in [6, 6.07) is 0.563. The fourth-order valence-electron chi connectivity index (χ4n) is 2.38. The number of carboxylic acid groups (broad SMARTS) is 1. The minimum Gasteiger partial charge on any atom is -0.480 e. The number of aliphatic carboxylic acids is 1. The van der Waals surface area contributed by atoms with Crippen molar-refractivity contribution in [2.75, 3.05) is 0 Å². The number of hydrogen-bond acceptors (Lipinski definition) is 3. The van der Waals surface area contributed by atoms with Crippen LogP contribution in [0, 0.1) is 12.8 Å². The van der Waals surface area contributed by atoms with Crippen molar-refractivity contribution in [3.8, 4) is 0 Å². The topological polar surface area (TPSA) is 83.7 Å². The molecule has 0 aliphatic rings. The summed E-state index contributed by atoms with van der Waals surface area (Å²) in [5, 5.41) is 12.5. The number of halogens is 2. The van der Waals surface area contributed by atoms with Gasteiger partial charge < -0.3 is 10.4 Å². The van der Waals surface area contributed by atoms with Crippen LogP contribution in [0.5, 0.6) is 0 Å². The third-order valence-corrected chi connectivity index (χ3v) is 3.83. The molecule has 0 aliphatic heterocycles. The van der Waals surface area contributed by atoms with E-state index in [1.165, 1.54) is 16.7 Å². The summed E-state index contributed by atoms with van der Waals surface area (Å²) in [6.07, 6.45) is 1.86. The first kappa shape index (κ1) is 17.6. The van der Waals surface area contributed by atoms with E-state index in [2.05, 4.69) is 10.3 Å². The summed E-state index contributed by atoms with van der Waals surface area (Å²) in [6.45, 7) is 5.44. The number of nitrogens with one attached hydrogen (secondary N) is 1. The zero-order valence-electron chi connectivity index (χ0n) is 12.9. The van der Waals surface area contributed by atoms with Gasteiger partial charge in [-0.2, -0.15) is 0 Å². The van der Waals surface area contributed by atoms with E-state index in [1.807, 2.05) is 13.8 Å². The predicted octanol–water partition coefficient (Wildman–Crippen LogP) is 3.18. The first-order valence-corrected chi connectivity index (χ1v) is 7.83. The Labute approximate surface area is 143 Å². The Morgan fingerprint density at radius 1 is 1.39 bits per heavy atom. The zero-order valence-corrected chi connectivity index (χ0v) is 14.4. The molecule has 1 unspecified atom stereocenters. The molecule has 124 valence electrons. The molecule has 2 rings (SSSR count). The highest BCUT2D eigenvalue weighted by Crippen LogP contribution is 2.24. The third-order valence-electron chi connectivity index (χ3n) is 3.34. The molecule has 6 nitrogen and oxygen atoms in total. The fourth-order valence-corrected chi connectivity index (χ4v) is 2.89. The number of aryl methyl sites for hydroxylation is 1. The van der Waals surface area contributed by atoms with E-state index >= 15 is 0 Å². The van der Waals surface area contributed by atoms with Crippen LogP contribution in [-0.2, 0) is 4.79 Å². The van der Waals surface area contributed by atoms with Crippen LogP contribution < -0.4 is 5.32 Å². The molecule has 0 spiro atoms. The average Bonchev–Trinajstić information content (AvgIpc) is 2.73. The number of amides is 1. The molecule has 0 bridgehead atoms. The van der Waals surface area contributed by atoms with Gasteiger partial charge in [-0.25, -0.2) is 9.78 Å². The molecule has 0 radical (unpaired) electrons. The van der Waals surface area contributed by atoms with Crippen LogP contribution in [-0.4, -0.2) is 32.4 Å². The van der Waals surface area contributed by atoms with Gasteiger partial charge in [0, 0.05) is 6.20 Å². The average molecular weight is 358 g/mol. The number of carboxylic acids is 1. The zero-order chi connectivity index (χ0) is 17.3. The summed E-state index contributed by atoms with van der Waals surface area (Å²) in [4.78, 5) is 28.1. The van der Waals surface area contributed by atoms with Crippen LogP contribution in [0.25, 0.3) is 5.65 Å². The highest BCUT2D eigenvalue weighted by molar-refractivity contribution is 6.36. The van der Waals surface area contributed by atoms with Crippen LogP contribution in [0.3, 0.4) is 0 Å². The number of aromatic nitrogens is 2. The van der Waals surface area contributed by atoms with Gasteiger partial charge in [0.1, 0.15) is 11.7 Å². The maximum absolute atomic E-state index is 12.5. The van der Waals surface area contributed by atoms with Crippen molar-refractivity contribution in [3.63, 3.8) is 0 Å². The standard InChI is InChI=1S/C15H17Cl2N3O3/c1-7(2)4-11(15(22)23)19-14(21)12-8(3)18-13-10(17)5-9(16)6-20(12)13/h5-7,11H,4H2,1-3H3,(H,19,21)(H,22,23). The summed E-state index contributed by atoms with van der Waals surface area (Å²) in [5.74, 6) is -1.47. The van der Waals surface area contributed by atoms with Crippen molar-refractivity contribution in [2.24, 2.45) is 5.92 Å². The second kappa shape index (κ2) is 6.76. The SMILES string of the molecule is Cc1nc2c(Cl)cc(Cl)cn2c1C(=O)NC(CC(C)C)C(=O)O. The van der Waals surface area contributed by atoms with Crippen molar-refractivity contribution in [3.05, 3.63) is 33.7 Å².